The van der Waals surface area contributed by atoms with Crippen LogP contribution < -0.4 is 5.32 Å². The SMILES string of the molecule is CCCCCCCCNCN1C(=O)c2ccc3c4c(C#N)cc5c6c(ccc(c7c(C#N)cc(c2c37)C1=O)c64)C(=O)N(C)C5=O. The zero-order valence-electron chi connectivity index (χ0n) is 25.0. The van der Waals surface area contributed by atoms with Gasteiger partial charge in [0.25, 0.3) is 23.6 Å². The second-order valence-corrected chi connectivity index (χ2v) is 11.9. The predicted octanol–water partition coefficient (Wildman–Crippen LogP) is 6.21. The number of nitriles is 2. The summed E-state index contributed by atoms with van der Waals surface area (Å²) in [7, 11) is 1.41. The van der Waals surface area contributed by atoms with Gasteiger partial charge in [-0.3, -0.25) is 34.3 Å². The molecule has 0 saturated carbocycles. The van der Waals surface area contributed by atoms with E-state index in [9.17, 15) is 29.7 Å². The third kappa shape index (κ3) is 3.94. The molecule has 2 aliphatic rings. The minimum absolute atomic E-state index is 0.0573. The number of rotatable bonds is 9. The van der Waals surface area contributed by atoms with Crippen LogP contribution in [0, 0.1) is 22.7 Å². The number of amides is 4. The summed E-state index contributed by atoms with van der Waals surface area (Å²) in [5.74, 6) is -1.88. The Hall–Kier alpha value is -5.38. The monoisotopic (exact) mass is 595 g/mol. The fourth-order valence-electron chi connectivity index (χ4n) is 7.18. The number of hydrogen-bond acceptors (Lipinski definition) is 7. The molecule has 0 unspecified atom stereocenters. The van der Waals surface area contributed by atoms with Gasteiger partial charge in [-0.05, 0) is 48.0 Å². The van der Waals surface area contributed by atoms with Crippen molar-refractivity contribution >= 4 is 66.7 Å². The molecule has 0 saturated heterocycles. The largest absolute Gasteiger partial charge is 0.299 e. The first-order valence-corrected chi connectivity index (χ1v) is 15.3. The van der Waals surface area contributed by atoms with Crippen LogP contribution in [-0.2, 0) is 0 Å². The highest BCUT2D eigenvalue weighted by atomic mass is 16.2. The maximum absolute atomic E-state index is 13.9. The van der Waals surface area contributed by atoms with Crippen molar-refractivity contribution in [2.45, 2.75) is 45.4 Å². The van der Waals surface area contributed by atoms with Gasteiger partial charge in [0.05, 0.1) is 35.5 Å². The maximum Gasteiger partial charge on any atom is 0.262 e. The van der Waals surface area contributed by atoms with Gasteiger partial charge in [0.1, 0.15) is 0 Å². The van der Waals surface area contributed by atoms with Gasteiger partial charge in [-0.2, -0.15) is 10.5 Å². The highest BCUT2D eigenvalue weighted by Crippen LogP contribution is 2.48. The molecule has 2 heterocycles. The molecule has 5 aromatic carbocycles. The molecule has 0 fully saturated rings. The summed E-state index contributed by atoms with van der Waals surface area (Å²) >= 11 is 0. The molecule has 2 aliphatic heterocycles. The molecule has 7 rings (SSSR count). The van der Waals surface area contributed by atoms with Crippen molar-refractivity contribution in [3.63, 3.8) is 0 Å². The summed E-state index contributed by atoms with van der Waals surface area (Å²) in [5.41, 5.74) is 1.63. The standard InChI is InChI=1S/C36H29N5O4/c1-3-4-5-6-7-8-13-39-18-41-35(44)24-12-10-22-27-19(16-37)14-25-29-23(33(42)40(2)34(25)43)11-9-21(31(27)29)28-20(17-38)15-26(36(41)45)30(24)32(22)28/h9-12,14-15,39H,3-8,13,18H2,1-2H3. The number of carbonyl (C=O) groups is 4. The van der Waals surface area contributed by atoms with Gasteiger partial charge in [0, 0.05) is 56.1 Å². The van der Waals surface area contributed by atoms with Gasteiger partial charge in [-0.15, -0.1) is 0 Å². The molecule has 0 radical (unpaired) electrons. The number of benzene rings is 5. The number of hydrogen-bond donors (Lipinski definition) is 1. The lowest BCUT2D eigenvalue weighted by Crippen LogP contribution is -2.45. The molecule has 1 N–H and O–H groups in total. The number of carbonyl (C=O) groups excluding carboxylic acids is 4. The van der Waals surface area contributed by atoms with Crippen molar-refractivity contribution in [1.82, 2.24) is 15.1 Å². The van der Waals surface area contributed by atoms with Gasteiger partial charge in [0.15, 0.2) is 0 Å². The molecule has 0 spiro atoms. The van der Waals surface area contributed by atoms with Crippen LogP contribution in [0.1, 0.15) is 98.0 Å². The summed E-state index contributed by atoms with van der Waals surface area (Å²) in [5, 5.41) is 28.0. The van der Waals surface area contributed by atoms with Crippen LogP contribution in [0.2, 0.25) is 0 Å². The molecule has 0 aliphatic carbocycles. The normalized spacial score (nSPS) is 14.4. The summed E-state index contributed by atoms with van der Waals surface area (Å²) in [6.45, 7) is 2.91. The van der Waals surface area contributed by atoms with Crippen molar-refractivity contribution < 1.29 is 19.2 Å². The van der Waals surface area contributed by atoms with E-state index in [0.29, 0.717) is 60.8 Å². The quantitative estimate of drug-likeness (QED) is 0.0926. The molecule has 9 heteroatoms. The van der Waals surface area contributed by atoms with Crippen LogP contribution in [0.5, 0.6) is 0 Å². The lowest BCUT2D eigenvalue weighted by Gasteiger charge is -2.30. The Labute approximate surface area is 258 Å². The second kappa shape index (κ2) is 10.7. The Balaban J connectivity index is 1.42. The maximum atomic E-state index is 13.9. The van der Waals surface area contributed by atoms with Gasteiger partial charge in [0.2, 0.25) is 0 Å². The van der Waals surface area contributed by atoms with E-state index >= 15 is 0 Å². The van der Waals surface area contributed by atoms with Crippen LogP contribution in [0.25, 0.3) is 43.1 Å². The molecule has 4 amide bonds. The van der Waals surface area contributed by atoms with Gasteiger partial charge < -0.3 is 0 Å². The van der Waals surface area contributed by atoms with E-state index in [1.54, 1.807) is 24.3 Å². The lowest BCUT2D eigenvalue weighted by atomic mass is 9.79. The Morgan fingerprint density at radius 3 is 1.69 bits per heavy atom. The van der Waals surface area contributed by atoms with Crippen molar-refractivity contribution in [2.24, 2.45) is 0 Å². The van der Waals surface area contributed by atoms with Crippen LogP contribution in [-0.4, -0.2) is 53.7 Å². The van der Waals surface area contributed by atoms with Gasteiger partial charge >= 0.3 is 0 Å². The fourth-order valence-corrected chi connectivity index (χ4v) is 7.18. The molecule has 0 atom stereocenters. The first kappa shape index (κ1) is 28.4. The highest BCUT2D eigenvalue weighted by Gasteiger charge is 2.37. The van der Waals surface area contributed by atoms with Gasteiger partial charge in [-0.25, -0.2) is 0 Å². The molecule has 5 aromatic rings. The van der Waals surface area contributed by atoms with E-state index in [-0.39, 0.29) is 28.9 Å². The van der Waals surface area contributed by atoms with Crippen LogP contribution in [0.3, 0.4) is 0 Å². The Morgan fingerprint density at radius 2 is 1.11 bits per heavy atom. The lowest BCUT2D eigenvalue weighted by molar-refractivity contribution is 0.0593. The number of imide groups is 2. The number of fused-ring (bicyclic) bond motifs is 2. The molecular weight excluding hydrogens is 566 g/mol. The molecule has 222 valence electrons. The number of nitrogens with zero attached hydrogens (tertiary/aromatic N) is 4. The summed E-state index contributed by atoms with van der Waals surface area (Å²) < 4.78 is 0. The van der Waals surface area contributed by atoms with Crippen LogP contribution in [0.15, 0.2) is 36.4 Å². The fraction of sp³-hybridized carbons (Fsp3) is 0.278. The average molecular weight is 596 g/mol. The smallest absolute Gasteiger partial charge is 0.262 e. The third-order valence-electron chi connectivity index (χ3n) is 9.34. The highest BCUT2D eigenvalue weighted by molar-refractivity contribution is 6.42. The summed E-state index contributed by atoms with van der Waals surface area (Å²) in [4.78, 5) is 56.3. The minimum atomic E-state index is -0.509. The van der Waals surface area contributed by atoms with E-state index in [1.807, 2.05) is 0 Å². The first-order valence-electron chi connectivity index (χ1n) is 15.3. The summed E-state index contributed by atoms with van der Waals surface area (Å²) in [6.07, 6.45) is 6.79. The Morgan fingerprint density at radius 1 is 0.622 bits per heavy atom. The van der Waals surface area contributed by atoms with E-state index in [1.165, 1.54) is 43.3 Å². The van der Waals surface area contributed by atoms with E-state index in [4.69, 9.17) is 0 Å². The molecule has 45 heavy (non-hydrogen) atoms. The van der Waals surface area contributed by atoms with Crippen molar-refractivity contribution in [2.75, 3.05) is 20.3 Å². The van der Waals surface area contributed by atoms with E-state index < -0.39 is 23.6 Å². The Bertz CT molecular complexity index is 2240. The Kier molecular flexibility index (Phi) is 6.72. The van der Waals surface area contributed by atoms with E-state index in [2.05, 4.69) is 24.4 Å². The molecule has 0 aromatic heterocycles. The number of nitrogens with one attached hydrogen (secondary N) is 1. The zero-order chi connectivity index (χ0) is 31.6. The van der Waals surface area contributed by atoms with Crippen LogP contribution >= 0.6 is 0 Å². The average Bonchev–Trinajstić information content (AvgIpc) is 3.06. The topological polar surface area (TPSA) is 134 Å². The van der Waals surface area contributed by atoms with Gasteiger partial charge in [-0.1, -0.05) is 51.2 Å². The predicted molar refractivity (Wildman–Crippen MR) is 170 cm³/mol. The third-order valence-corrected chi connectivity index (χ3v) is 9.34. The molecule has 9 nitrogen and oxygen atoms in total. The zero-order valence-corrected chi connectivity index (χ0v) is 25.0. The summed E-state index contributed by atoms with van der Waals surface area (Å²) in [6, 6.07) is 14.3. The second-order valence-electron chi connectivity index (χ2n) is 11.9. The minimum Gasteiger partial charge on any atom is -0.299 e. The van der Waals surface area contributed by atoms with Crippen molar-refractivity contribution in [1.29, 1.82) is 10.5 Å². The molecular formula is C36H29N5O4. The van der Waals surface area contributed by atoms with E-state index in [0.717, 1.165) is 24.2 Å². The molecule has 0 bridgehead atoms. The van der Waals surface area contributed by atoms with Crippen molar-refractivity contribution in [3.05, 3.63) is 69.8 Å². The first-order chi connectivity index (χ1) is 21.8. The van der Waals surface area contributed by atoms with Crippen molar-refractivity contribution in [3.8, 4) is 12.1 Å². The number of unbranched alkanes of at least 4 members (excludes halogenated alkanes) is 5. The van der Waals surface area contributed by atoms with Crippen LogP contribution in [0.4, 0.5) is 0 Å².